The van der Waals surface area contributed by atoms with Gasteiger partial charge in [-0.3, -0.25) is 0 Å². The highest BCUT2D eigenvalue weighted by Gasteiger charge is 2.33. The molecule has 12 aromatic rings. The van der Waals surface area contributed by atoms with Crippen LogP contribution in [0.4, 0.5) is 68.2 Å². The third-order valence-corrected chi connectivity index (χ3v) is 18.8. The minimum atomic E-state index is -0.274. The van der Waals surface area contributed by atoms with Crippen LogP contribution in [-0.4, -0.2) is 0 Å². The smallest absolute Gasteiger partial charge is 0.0544 e. The van der Waals surface area contributed by atoms with Crippen molar-refractivity contribution in [3.63, 3.8) is 0 Å². The van der Waals surface area contributed by atoms with Gasteiger partial charge in [0.2, 0.25) is 0 Å². The van der Waals surface area contributed by atoms with E-state index >= 15 is 0 Å². The summed E-state index contributed by atoms with van der Waals surface area (Å²) in [6, 6.07) is 96.2. The average Bonchev–Trinajstić information content (AvgIpc) is 0.729. The number of benzene rings is 12. The lowest BCUT2D eigenvalue weighted by molar-refractivity contribution is 0.589. The Labute approximate surface area is 562 Å². The third-order valence-electron chi connectivity index (χ3n) is 18.8. The summed E-state index contributed by atoms with van der Waals surface area (Å²) in [5, 5.41) is 7.07. The molecule has 0 amide bonds. The van der Waals surface area contributed by atoms with Crippen molar-refractivity contribution in [2.24, 2.45) is 0 Å². The van der Waals surface area contributed by atoms with Crippen LogP contribution in [0.15, 0.2) is 255 Å². The highest BCUT2D eigenvalue weighted by atomic mass is 15.2. The Balaban J connectivity index is 1.26. The van der Waals surface area contributed by atoms with Crippen molar-refractivity contribution in [1.82, 2.24) is 0 Å². The zero-order valence-electron chi connectivity index (χ0n) is 59.0. The summed E-state index contributed by atoms with van der Waals surface area (Å²) < 4.78 is 0. The molecule has 0 fully saturated rings. The van der Waals surface area contributed by atoms with Crippen LogP contribution in [0.1, 0.15) is 158 Å². The van der Waals surface area contributed by atoms with Gasteiger partial charge in [-0.2, -0.15) is 0 Å². The highest BCUT2D eigenvalue weighted by Crippen LogP contribution is 2.55. The molecule has 0 bridgehead atoms. The van der Waals surface area contributed by atoms with Gasteiger partial charge in [0.05, 0.1) is 34.1 Å². The van der Waals surface area contributed by atoms with Crippen molar-refractivity contribution in [3.05, 3.63) is 288 Å². The minimum absolute atomic E-state index is 0.208. The van der Waals surface area contributed by atoms with E-state index in [-0.39, 0.29) is 32.5 Å². The first-order valence-electron chi connectivity index (χ1n) is 33.8. The van der Waals surface area contributed by atoms with Crippen molar-refractivity contribution in [2.45, 2.75) is 157 Å². The average molecular weight is 1230 g/mol. The third kappa shape index (κ3) is 12.9. The molecule has 0 saturated heterocycles. The number of hydrogen-bond acceptors (Lipinski definition) is 4. The molecule has 0 aromatic heterocycles. The second kappa shape index (κ2) is 24.5. The molecule has 0 heterocycles. The van der Waals surface area contributed by atoms with Crippen LogP contribution < -0.4 is 19.6 Å². The van der Waals surface area contributed by atoms with E-state index in [0.29, 0.717) is 0 Å². The van der Waals surface area contributed by atoms with E-state index in [1.54, 1.807) is 0 Å². The topological polar surface area (TPSA) is 13.0 Å². The van der Waals surface area contributed by atoms with Crippen LogP contribution in [0.5, 0.6) is 0 Å². The Morgan fingerprint density at radius 3 is 0.426 bits per heavy atom. The van der Waals surface area contributed by atoms with Crippen LogP contribution >= 0.6 is 0 Å². The van der Waals surface area contributed by atoms with Gasteiger partial charge in [-0.05, 0) is 211 Å². The molecule has 0 aliphatic rings. The molecule has 0 spiro atoms. The monoisotopic (exact) mass is 1230 g/mol. The molecule has 0 N–H and O–H groups in total. The van der Waals surface area contributed by atoms with E-state index in [0.717, 1.165) is 68.2 Å². The maximum Gasteiger partial charge on any atom is 0.0544 e. The molecule has 4 heteroatoms. The maximum atomic E-state index is 2.63. The van der Waals surface area contributed by atoms with E-state index in [1.165, 1.54) is 65.7 Å². The van der Waals surface area contributed by atoms with Gasteiger partial charge in [0, 0.05) is 66.4 Å². The van der Waals surface area contributed by atoms with Gasteiger partial charge in [0.1, 0.15) is 0 Å². The van der Waals surface area contributed by atoms with Crippen molar-refractivity contribution < 1.29 is 0 Å². The molecule has 12 rings (SSSR count). The van der Waals surface area contributed by atoms with Crippen molar-refractivity contribution in [1.29, 1.82) is 0 Å². The Morgan fingerprint density at radius 1 is 0.160 bits per heavy atom. The minimum Gasteiger partial charge on any atom is -0.310 e. The van der Waals surface area contributed by atoms with E-state index in [2.05, 4.69) is 399 Å². The Kier molecular flexibility index (Phi) is 16.9. The number of para-hydroxylation sites is 6. The van der Waals surface area contributed by atoms with E-state index in [9.17, 15) is 0 Å². The fraction of sp³-hybridized carbons (Fsp3) is 0.267. The van der Waals surface area contributed by atoms with Gasteiger partial charge in [0.25, 0.3) is 0 Å². The Morgan fingerprint density at radius 2 is 0.287 bits per heavy atom. The summed E-state index contributed by atoms with van der Waals surface area (Å²) in [5.74, 6) is 0. The SMILES string of the molecule is CC(C)(C)c1cc(N(c2ccccc2)c2cc(C(C)(C)C)cc3c(N(c4ccccc4)c4cc(C(C)(C)C)cc5c(N(c6ccccc6)c6ccccc6)cc(C(C)(C)C)cc45)cc(C(C)(C)C)cc23)c2cc(C(C)(C)C)cc(N(c3ccccc3)c3ccccc3)c2c1. The van der Waals surface area contributed by atoms with Crippen LogP contribution in [0.2, 0.25) is 0 Å². The summed E-state index contributed by atoms with van der Waals surface area (Å²) in [5.41, 5.74) is 19.5. The quantitative estimate of drug-likeness (QED) is 0.121. The predicted molar refractivity (Wildman–Crippen MR) is 410 cm³/mol. The molecule has 0 saturated carbocycles. The van der Waals surface area contributed by atoms with Gasteiger partial charge in [-0.25, -0.2) is 0 Å². The first-order chi connectivity index (χ1) is 44.4. The normalized spacial score (nSPS) is 12.6. The zero-order valence-corrected chi connectivity index (χ0v) is 59.0. The van der Waals surface area contributed by atoms with Crippen molar-refractivity contribution in [3.8, 4) is 0 Å². The first-order valence-corrected chi connectivity index (χ1v) is 33.8. The lowest BCUT2D eigenvalue weighted by Gasteiger charge is -2.36. The Hall–Kier alpha value is -9.38. The van der Waals surface area contributed by atoms with Crippen LogP contribution in [0, 0.1) is 0 Å². The van der Waals surface area contributed by atoms with Crippen molar-refractivity contribution >= 4 is 101 Å². The molecule has 94 heavy (non-hydrogen) atoms. The van der Waals surface area contributed by atoms with Gasteiger partial charge in [-0.15, -0.1) is 0 Å². The Bertz CT molecular complexity index is 4300. The molecule has 0 unspecified atom stereocenters. The van der Waals surface area contributed by atoms with Crippen LogP contribution in [0.3, 0.4) is 0 Å². The molecule has 4 nitrogen and oxygen atoms in total. The van der Waals surface area contributed by atoms with Gasteiger partial charge in [0.15, 0.2) is 0 Å². The number of anilines is 12. The van der Waals surface area contributed by atoms with Gasteiger partial charge >= 0.3 is 0 Å². The van der Waals surface area contributed by atoms with Crippen LogP contribution in [0.25, 0.3) is 32.3 Å². The van der Waals surface area contributed by atoms with E-state index < -0.39 is 0 Å². The standard InChI is InChI=1S/C90H96N4/c1-85(2,3)61-51-75-73(79(55-61)91(67-37-25-19-26-38-67)68-39-27-20-28-40-68)49-63(87(7,8)9)57-81(75)93(71-45-33-23-34-46-71)83-59-65(89(13,14)15)54-78-77(83)53-66(90(16,17)18)60-84(78)94(72-47-35-24-36-48-72)82-58-64(88(10,11)12)50-74-76(82)52-62(86(4,5)6)56-80(74)92(69-41-29-21-30-42-69)70-43-31-22-32-44-70/h19-60H,1-18H3. The van der Waals surface area contributed by atoms with E-state index in [4.69, 9.17) is 0 Å². The summed E-state index contributed by atoms with van der Waals surface area (Å²) in [6.45, 7) is 42.6. The molecule has 0 radical (unpaired) electrons. The number of rotatable bonds is 12. The predicted octanol–water partition coefficient (Wildman–Crippen LogP) is 26.8. The van der Waals surface area contributed by atoms with Gasteiger partial charge < -0.3 is 19.6 Å². The molecule has 0 aliphatic heterocycles. The molecule has 12 aromatic carbocycles. The first kappa shape index (κ1) is 64.7. The molecular formula is C90H96N4. The summed E-state index contributed by atoms with van der Waals surface area (Å²) in [6.07, 6.45) is 0. The van der Waals surface area contributed by atoms with Gasteiger partial charge in [-0.1, -0.05) is 234 Å². The highest BCUT2D eigenvalue weighted by molar-refractivity contribution is 6.15. The summed E-state index contributed by atoms with van der Waals surface area (Å²) in [7, 11) is 0. The number of nitrogens with zero attached hydrogens (tertiary/aromatic N) is 4. The summed E-state index contributed by atoms with van der Waals surface area (Å²) in [4.78, 5) is 10.2. The largest absolute Gasteiger partial charge is 0.310 e. The maximum absolute atomic E-state index is 2.63. The fourth-order valence-corrected chi connectivity index (χ4v) is 13.1. The molecular weight excluding hydrogens is 1140 g/mol. The summed E-state index contributed by atoms with van der Waals surface area (Å²) >= 11 is 0. The molecule has 0 atom stereocenters. The zero-order chi connectivity index (χ0) is 66.9. The lowest BCUT2D eigenvalue weighted by atomic mass is 9.80. The van der Waals surface area contributed by atoms with E-state index in [1.807, 2.05) is 0 Å². The molecule has 476 valence electrons. The molecule has 0 aliphatic carbocycles. The number of hydrogen-bond donors (Lipinski definition) is 0. The lowest BCUT2D eigenvalue weighted by Crippen LogP contribution is -2.20. The fourth-order valence-electron chi connectivity index (χ4n) is 13.1. The number of fused-ring (bicyclic) bond motifs is 3. The van der Waals surface area contributed by atoms with Crippen molar-refractivity contribution in [2.75, 3.05) is 19.6 Å². The second-order valence-corrected chi connectivity index (χ2v) is 32.1. The second-order valence-electron chi connectivity index (χ2n) is 32.1. The van der Waals surface area contributed by atoms with Crippen LogP contribution in [-0.2, 0) is 32.5 Å².